The predicted molar refractivity (Wildman–Crippen MR) is 114 cm³/mol. The minimum absolute atomic E-state index is 0.0505. The molecule has 6 heteroatoms. The van der Waals surface area contributed by atoms with Crippen molar-refractivity contribution >= 4 is 28.2 Å². The fraction of sp³-hybridized carbons (Fsp3) is 0.524. The van der Waals surface area contributed by atoms with Crippen LogP contribution in [0.25, 0.3) is 10.9 Å². The molecule has 0 bridgehead atoms. The van der Waals surface area contributed by atoms with Crippen LogP contribution in [-0.2, 0) is 11.3 Å². The quantitative estimate of drug-likeness (QED) is 0.563. The number of nitrogens with zero attached hydrogens (tertiary/aromatic N) is 1. The van der Waals surface area contributed by atoms with Crippen molar-refractivity contribution < 1.29 is 4.74 Å². The van der Waals surface area contributed by atoms with E-state index in [1.807, 2.05) is 31.2 Å². The van der Waals surface area contributed by atoms with Crippen LogP contribution >= 0.6 is 12.2 Å². The molecule has 0 amide bonds. The van der Waals surface area contributed by atoms with E-state index in [0.717, 1.165) is 60.9 Å². The van der Waals surface area contributed by atoms with E-state index in [1.54, 1.807) is 0 Å². The minimum Gasteiger partial charge on any atom is -0.376 e. The first-order valence-electron chi connectivity index (χ1n) is 9.84. The third kappa shape index (κ3) is 5.08. The Bertz CT molecular complexity index is 843. The molecule has 0 unspecified atom stereocenters. The van der Waals surface area contributed by atoms with Gasteiger partial charge in [0.25, 0.3) is 5.56 Å². The number of aromatic amines is 1. The number of para-hydroxylation sites is 1. The number of hydrogen-bond donors (Lipinski definition) is 2. The van der Waals surface area contributed by atoms with Crippen LogP contribution < -0.4 is 10.9 Å². The van der Waals surface area contributed by atoms with E-state index in [2.05, 4.69) is 22.1 Å². The van der Waals surface area contributed by atoms with Crippen LogP contribution in [0.15, 0.2) is 29.1 Å². The topological polar surface area (TPSA) is 57.4 Å². The van der Waals surface area contributed by atoms with Gasteiger partial charge >= 0.3 is 0 Å². The number of hydrogen-bond acceptors (Lipinski definition) is 3. The van der Waals surface area contributed by atoms with Gasteiger partial charge in [0.1, 0.15) is 0 Å². The number of pyridine rings is 1. The largest absolute Gasteiger partial charge is 0.376 e. The molecular formula is C21H29N3O2S. The molecule has 1 aliphatic heterocycles. The second kappa shape index (κ2) is 9.33. The Labute approximate surface area is 166 Å². The number of unbranched alkanes of at least 4 members (excludes halogenated alkanes) is 1. The molecule has 5 nitrogen and oxygen atoms in total. The smallest absolute Gasteiger partial charge is 0.253 e. The molecule has 2 aromatic rings. The van der Waals surface area contributed by atoms with Crippen molar-refractivity contribution in [3.8, 4) is 0 Å². The zero-order chi connectivity index (χ0) is 19.2. The van der Waals surface area contributed by atoms with E-state index in [1.165, 1.54) is 0 Å². The number of rotatable bonds is 7. The lowest BCUT2D eigenvalue weighted by molar-refractivity contribution is 0.0897. The Kier molecular flexibility index (Phi) is 6.85. The summed E-state index contributed by atoms with van der Waals surface area (Å²) in [5.74, 6) is 0. The number of ether oxygens (including phenoxy) is 1. The molecule has 0 radical (unpaired) electrons. The molecule has 27 heavy (non-hydrogen) atoms. The first-order chi connectivity index (χ1) is 13.1. The zero-order valence-electron chi connectivity index (χ0n) is 16.2. The first-order valence-corrected chi connectivity index (χ1v) is 10.2. The fourth-order valence-corrected chi connectivity index (χ4v) is 3.73. The zero-order valence-corrected chi connectivity index (χ0v) is 17.0. The van der Waals surface area contributed by atoms with Gasteiger partial charge in [0.15, 0.2) is 5.11 Å². The van der Waals surface area contributed by atoms with Crippen LogP contribution in [0.5, 0.6) is 0 Å². The Morgan fingerprint density at radius 1 is 1.44 bits per heavy atom. The maximum Gasteiger partial charge on any atom is 0.253 e. The van der Waals surface area contributed by atoms with Gasteiger partial charge in [-0.3, -0.25) is 4.79 Å². The molecule has 3 rings (SSSR count). The van der Waals surface area contributed by atoms with E-state index in [-0.39, 0.29) is 11.7 Å². The van der Waals surface area contributed by atoms with Gasteiger partial charge in [-0.25, -0.2) is 0 Å². The van der Waals surface area contributed by atoms with E-state index < -0.39 is 0 Å². The summed E-state index contributed by atoms with van der Waals surface area (Å²) in [6, 6.07) is 8.04. The highest BCUT2D eigenvalue weighted by atomic mass is 32.1. The van der Waals surface area contributed by atoms with Gasteiger partial charge in [-0.2, -0.15) is 0 Å². The second-order valence-electron chi connectivity index (χ2n) is 7.26. The van der Waals surface area contributed by atoms with Gasteiger partial charge in [0.2, 0.25) is 0 Å². The Morgan fingerprint density at radius 2 is 2.30 bits per heavy atom. The Hall–Kier alpha value is -1.92. The molecule has 2 N–H and O–H groups in total. The van der Waals surface area contributed by atoms with Gasteiger partial charge in [-0.05, 0) is 55.4 Å². The number of H-pyrrole nitrogens is 1. The van der Waals surface area contributed by atoms with Crippen LogP contribution in [0.4, 0.5) is 0 Å². The summed E-state index contributed by atoms with van der Waals surface area (Å²) in [4.78, 5) is 17.8. The van der Waals surface area contributed by atoms with Crippen molar-refractivity contribution in [2.45, 2.75) is 52.2 Å². The third-order valence-electron chi connectivity index (χ3n) is 5.07. The monoisotopic (exact) mass is 387 g/mol. The van der Waals surface area contributed by atoms with E-state index in [9.17, 15) is 4.79 Å². The van der Waals surface area contributed by atoms with E-state index in [0.29, 0.717) is 18.2 Å². The Balaban J connectivity index is 1.81. The standard InChI is InChI=1S/C21H29N3O2S/c1-3-4-10-22-21(27)24(14-18-9-6-11-26-18)13-17-12-16-8-5-7-15(2)19(16)23-20(17)25/h5,7-8,12,18H,3-4,6,9-11,13-14H2,1-2H3,(H,22,27)(H,23,25)/t18-/m1/s1. The molecular weight excluding hydrogens is 358 g/mol. The molecule has 1 aromatic heterocycles. The second-order valence-corrected chi connectivity index (χ2v) is 7.65. The van der Waals surface area contributed by atoms with Crippen molar-refractivity contribution in [3.05, 3.63) is 45.7 Å². The average Bonchev–Trinajstić information content (AvgIpc) is 3.16. The van der Waals surface area contributed by atoms with Crippen LogP contribution in [0.1, 0.15) is 43.7 Å². The molecule has 146 valence electrons. The summed E-state index contributed by atoms with van der Waals surface area (Å²) < 4.78 is 5.80. The van der Waals surface area contributed by atoms with Crippen molar-refractivity contribution in [3.63, 3.8) is 0 Å². The molecule has 0 aliphatic carbocycles. The third-order valence-corrected chi connectivity index (χ3v) is 5.47. The van der Waals surface area contributed by atoms with Crippen LogP contribution in [0.2, 0.25) is 0 Å². The van der Waals surface area contributed by atoms with Gasteiger partial charge in [-0.15, -0.1) is 0 Å². The molecule has 0 saturated carbocycles. The fourth-order valence-electron chi connectivity index (χ4n) is 3.49. The number of fused-ring (bicyclic) bond motifs is 1. The van der Waals surface area contributed by atoms with Gasteiger partial charge in [0, 0.05) is 25.3 Å². The summed E-state index contributed by atoms with van der Waals surface area (Å²) in [7, 11) is 0. The number of benzene rings is 1. The minimum atomic E-state index is -0.0505. The maximum atomic E-state index is 12.7. The van der Waals surface area contributed by atoms with Gasteiger partial charge < -0.3 is 19.9 Å². The van der Waals surface area contributed by atoms with Gasteiger partial charge in [0.05, 0.1) is 18.2 Å². The highest BCUT2D eigenvalue weighted by molar-refractivity contribution is 7.80. The Morgan fingerprint density at radius 3 is 3.04 bits per heavy atom. The van der Waals surface area contributed by atoms with Crippen molar-refractivity contribution in [1.82, 2.24) is 15.2 Å². The predicted octanol–water partition coefficient (Wildman–Crippen LogP) is 3.49. The molecule has 1 fully saturated rings. The summed E-state index contributed by atoms with van der Waals surface area (Å²) >= 11 is 5.63. The molecule has 1 aliphatic rings. The SMILES string of the molecule is CCCCNC(=S)N(Cc1cc2cccc(C)c2[nH]c1=O)C[C@H]1CCCO1. The highest BCUT2D eigenvalue weighted by Crippen LogP contribution is 2.18. The molecule has 0 spiro atoms. The van der Waals surface area contributed by atoms with Crippen LogP contribution in [0.3, 0.4) is 0 Å². The van der Waals surface area contributed by atoms with Crippen molar-refractivity contribution in [2.75, 3.05) is 19.7 Å². The number of thiocarbonyl (C=S) groups is 1. The van der Waals surface area contributed by atoms with E-state index in [4.69, 9.17) is 17.0 Å². The van der Waals surface area contributed by atoms with Crippen molar-refractivity contribution in [1.29, 1.82) is 0 Å². The summed E-state index contributed by atoms with van der Waals surface area (Å²) in [5.41, 5.74) is 2.65. The lowest BCUT2D eigenvalue weighted by atomic mass is 10.1. The summed E-state index contributed by atoms with van der Waals surface area (Å²) in [5, 5.41) is 5.08. The van der Waals surface area contributed by atoms with Gasteiger partial charge in [-0.1, -0.05) is 31.5 Å². The molecule has 1 atom stereocenters. The molecule has 2 heterocycles. The maximum absolute atomic E-state index is 12.7. The lowest BCUT2D eigenvalue weighted by Crippen LogP contribution is -2.44. The first kappa shape index (κ1) is 19.8. The summed E-state index contributed by atoms with van der Waals surface area (Å²) in [6.07, 6.45) is 4.50. The van der Waals surface area contributed by atoms with Crippen LogP contribution in [-0.4, -0.2) is 40.8 Å². The van der Waals surface area contributed by atoms with Crippen molar-refractivity contribution in [2.24, 2.45) is 0 Å². The summed E-state index contributed by atoms with van der Waals surface area (Å²) in [6.45, 7) is 7.02. The normalized spacial score (nSPS) is 16.6. The molecule has 1 saturated heterocycles. The molecule has 1 aromatic carbocycles. The number of nitrogens with one attached hydrogen (secondary N) is 2. The lowest BCUT2D eigenvalue weighted by Gasteiger charge is -2.28. The highest BCUT2D eigenvalue weighted by Gasteiger charge is 2.22. The van der Waals surface area contributed by atoms with E-state index >= 15 is 0 Å². The average molecular weight is 388 g/mol. The number of aromatic nitrogens is 1. The van der Waals surface area contributed by atoms with Crippen LogP contribution in [0, 0.1) is 6.92 Å². The number of aryl methyl sites for hydroxylation is 1.